The predicted octanol–water partition coefficient (Wildman–Crippen LogP) is 2.23. The lowest BCUT2D eigenvalue weighted by molar-refractivity contribution is -0.146. The van der Waals surface area contributed by atoms with Crippen LogP contribution in [0.25, 0.3) is 0 Å². The van der Waals surface area contributed by atoms with Crippen LogP contribution in [0, 0.1) is 12.8 Å². The molecule has 0 aliphatic carbocycles. The van der Waals surface area contributed by atoms with E-state index in [1.807, 2.05) is 19.1 Å². The van der Waals surface area contributed by atoms with Crippen molar-refractivity contribution < 1.29 is 19.1 Å². The predicted molar refractivity (Wildman–Crippen MR) is 83.6 cm³/mol. The number of benzene rings is 1. The van der Waals surface area contributed by atoms with Gasteiger partial charge in [0, 0.05) is 32.0 Å². The normalized spacial score (nSPS) is 11.6. The van der Waals surface area contributed by atoms with E-state index in [1.54, 1.807) is 26.1 Å². The Morgan fingerprint density at radius 1 is 1.14 bits per heavy atom. The van der Waals surface area contributed by atoms with E-state index in [2.05, 4.69) is 4.74 Å². The fourth-order valence-electron chi connectivity index (χ4n) is 2.08. The molecule has 22 heavy (non-hydrogen) atoms. The first kappa shape index (κ1) is 17.9. The minimum atomic E-state index is -0.383. The minimum absolute atomic E-state index is 0.0530. The number of hydrogen-bond acceptors (Lipinski definition) is 4. The molecule has 0 N–H and O–H groups in total. The summed E-state index contributed by atoms with van der Waals surface area (Å²) < 4.78 is 4.63. The molecule has 1 atom stereocenters. The number of amides is 1. The molecule has 0 fully saturated rings. The van der Waals surface area contributed by atoms with E-state index < -0.39 is 0 Å². The maximum absolute atomic E-state index is 12.0. The summed E-state index contributed by atoms with van der Waals surface area (Å²) in [5, 5.41) is 0. The van der Waals surface area contributed by atoms with Gasteiger partial charge in [-0.05, 0) is 6.92 Å². The van der Waals surface area contributed by atoms with E-state index in [4.69, 9.17) is 0 Å². The Morgan fingerprint density at radius 3 is 2.27 bits per heavy atom. The van der Waals surface area contributed by atoms with Gasteiger partial charge in [-0.15, -0.1) is 0 Å². The number of hydrogen-bond donors (Lipinski definition) is 0. The standard InChI is InChI=1S/C17H23NO4/c1-12-5-7-14(8-6-12)15(19)9-10-16(20)18(3)11-13(2)17(21)22-4/h5-8,13H,9-11H2,1-4H3. The van der Waals surface area contributed by atoms with E-state index >= 15 is 0 Å². The molecular formula is C17H23NO4. The largest absolute Gasteiger partial charge is 0.469 e. The van der Waals surface area contributed by atoms with Crippen LogP contribution in [0.1, 0.15) is 35.7 Å². The van der Waals surface area contributed by atoms with Crippen LogP contribution in [0.2, 0.25) is 0 Å². The van der Waals surface area contributed by atoms with Crippen molar-refractivity contribution in [3.8, 4) is 0 Å². The number of esters is 1. The molecule has 0 radical (unpaired) electrons. The maximum Gasteiger partial charge on any atom is 0.310 e. The minimum Gasteiger partial charge on any atom is -0.469 e. The van der Waals surface area contributed by atoms with Crippen LogP contribution >= 0.6 is 0 Å². The van der Waals surface area contributed by atoms with Crippen LogP contribution in [0.5, 0.6) is 0 Å². The third kappa shape index (κ3) is 5.31. The van der Waals surface area contributed by atoms with Crippen LogP contribution in [0.15, 0.2) is 24.3 Å². The highest BCUT2D eigenvalue weighted by atomic mass is 16.5. The van der Waals surface area contributed by atoms with E-state index in [0.717, 1.165) is 5.56 Å². The Balaban J connectivity index is 2.46. The Kier molecular flexibility index (Phi) is 6.76. The lowest BCUT2D eigenvalue weighted by Gasteiger charge is -2.20. The van der Waals surface area contributed by atoms with Gasteiger partial charge < -0.3 is 9.64 Å². The number of methoxy groups -OCH3 is 1. The van der Waals surface area contributed by atoms with Gasteiger partial charge in [0.1, 0.15) is 0 Å². The Bertz CT molecular complexity index is 536. The molecule has 0 aliphatic rings. The molecule has 120 valence electrons. The smallest absolute Gasteiger partial charge is 0.310 e. The zero-order chi connectivity index (χ0) is 16.7. The lowest BCUT2D eigenvalue weighted by Crippen LogP contribution is -2.34. The summed E-state index contributed by atoms with van der Waals surface area (Å²) in [5.41, 5.74) is 1.70. The average molecular weight is 305 g/mol. The van der Waals surface area contributed by atoms with Gasteiger partial charge in [-0.25, -0.2) is 0 Å². The molecule has 0 saturated carbocycles. The monoisotopic (exact) mass is 305 g/mol. The number of ketones is 1. The molecule has 5 heteroatoms. The molecule has 5 nitrogen and oxygen atoms in total. The Hall–Kier alpha value is -2.17. The fraction of sp³-hybridized carbons (Fsp3) is 0.471. The van der Waals surface area contributed by atoms with Crippen molar-refractivity contribution in [3.05, 3.63) is 35.4 Å². The first-order valence-electron chi connectivity index (χ1n) is 7.26. The van der Waals surface area contributed by atoms with Crippen molar-refractivity contribution in [1.82, 2.24) is 4.90 Å². The fourth-order valence-corrected chi connectivity index (χ4v) is 2.08. The summed E-state index contributed by atoms with van der Waals surface area (Å²) in [5.74, 6) is -0.943. The quantitative estimate of drug-likeness (QED) is 0.572. The van der Waals surface area contributed by atoms with Crippen molar-refractivity contribution in [2.24, 2.45) is 5.92 Å². The highest BCUT2D eigenvalue weighted by molar-refractivity contribution is 5.98. The number of carbonyl (C=O) groups excluding carboxylic acids is 3. The molecule has 1 aromatic rings. The van der Waals surface area contributed by atoms with Crippen LogP contribution in [0.4, 0.5) is 0 Å². The van der Waals surface area contributed by atoms with Gasteiger partial charge in [0.05, 0.1) is 13.0 Å². The van der Waals surface area contributed by atoms with Crippen molar-refractivity contribution in [3.63, 3.8) is 0 Å². The maximum atomic E-state index is 12.0. The lowest BCUT2D eigenvalue weighted by atomic mass is 10.0. The van der Waals surface area contributed by atoms with Crippen molar-refractivity contribution in [1.29, 1.82) is 0 Å². The molecule has 1 aromatic carbocycles. The van der Waals surface area contributed by atoms with Crippen LogP contribution in [-0.2, 0) is 14.3 Å². The molecule has 0 spiro atoms. The number of aryl methyl sites for hydroxylation is 1. The number of ether oxygens (including phenoxy) is 1. The summed E-state index contributed by atoms with van der Waals surface area (Å²) in [6, 6.07) is 7.29. The summed E-state index contributed by atoms with van der Waals surface area (Å²) in [7, 11) is 2.94. The first-order valence-corrected chi connectivity index (χ1v) is 7.26. The zero-order valence-corrected chi connectivity index (χ0v) is 13.6. The second kappa shape index (κ2) is 8.32. The van der Waals surface area contributed by atoms with Crippen molar-refractivity contribution >= 4 is 17.7 Å². The van der Waals surface area contributed by atoms with E-state index in [0.29, 0.717) is 5.56 Å². The van der Waals surface area contributed by atoms with Crippen LogP contribution < -0.4 is 0 Å². The molecule has 1 rings (SSSR count). The van der Waals surface area contributed by atoms with Gasteiger partial charge in [0.25, 0.3) is 0 Å². The Morgan fingerprint density at radius 2 is 1.73 bits per heavy atom. The summed E-state index contributed by atoms with van der Waals surface area (Å²) in [6.45, 7) is 3.94. The van der Waals surface area contributed by atoms with Crippen molar-refractivity contribution in [2.75, 3.05) is 20.7 Å². The highest BCUT2D eigenvalue weighted by Crippen LogP contribution is 2.09. The molecule has 0 aromatic heterocycles. The summed E-state index contributed by atoms with van der Waals surface area (Å²) >= 11 is 0. The van der Waals surface area contributed by atoms with Crippen LogP contribution in [0.3, 0.4) is 0 Å². The van der Waals surface area contributed by atoms with Gasteiger partial charge in [0.15, 0.2) is 5.78 Å². The van der Waals surface area contributed by atoms with Gasteiger partial charge in [-0.1, -0.05) is 36.8 Å². The first-order chi connectivity index (χ1) is 10.3. The third-order valence-corrected chi connectivity index (χ3v) is 3.52. The van der Waals surface area contributed by atoms with Crippen molar-refractivity contribution in [2.45, 2.75) is 26.7 Å². The summed E-state index contributed by atoms with van der Waals surface area (Å²) in [4.78, 5) is 36.8. The highest BCUT2D eigenvalue weighted by Gasteiger charge is 2.19. The second-order valence-electron chi connectivity index (χ2n) is 5.49. The van der Waals surface area contributed by atoms with Gasteiger partial charge >= 0.3 is 5.97 Å². The third-order valence-electron chi connectivity index (χ3n) is 3.52. The molecule has 0 saturated heterocycles. The molecule has 1 unspecified atom stereocenters. The zero-order valence-electron chi connectivity index (χ0n) is 13.6. The average Bonchev–Trinajstić information content (AvgIpc) is 2.51. The molecule has 0 aliphatic heterocycles. The van der Waals surface area contributed by atoms with Gasteiger partial charge in [-0.3, -0.25) is 14.4 Å². The molecular weight excluding hydrogens is 282 g/mol. The SMILES string of the molecule is COC(=O)C(C)CN(C)C(=O)CCC(=O)c1ccc(C)cc1. The summed E-state index contributed by atoms with van der Waals surface area (Å²) in [6.07, 6.45) is 0.302. The van der Waals surface area contributed by atoms with E-state index in [1.165, 1.54) is 12.0 Å². The van der Waals surface area contributed by atoms with Crippen LogP contribution in [-0.4, -0.2) is 43.3 Å². The number of rotatable bonds is 7. The van der Waals surface area contributed by atoms with Gasteiger partial charge in [-0.2, -0.15) is 0 Å². The van der Waals surface area contributed by atoms with Gasteiger partial charge in [0.2, 0.25) is 5.91 Å². The topological polar surface area (TPSA) is 63.7 Å². The second-order valence-corrected chi connectivity index (χ2v) is 5.49. The molecule has 1 amide bonds. The molecule has 0 bridgehead atoms. The number of carbonyl (C=O) groups is 3. The Labute approximate surface area is 131 Å². The van der Waals surface area contributed by atoms with E-state index in [9.17, 15) is 14.4 Å². The number of Topliss-reactive ketones (excluding diaryl/α,β-unsaturated/α-hetero) is 1. The van der Waals surface area contributed by atoms with E-state index in [-0.39, 0.29) is 43.0 Å². The molecule has 0 heterocycles. The number of nitrogens with zero attached hydrogens (tertiary/aromatic N) is 1.